The minimum absolute atomic E-state index is 0. The fourth-order valence-corrected chi connectivity index (χ4v) is 0.158. The molecule has 0 fully saturated rings. The Balaban J connectivity index is 0. The van der Waals surface area contributed by atoms with E-state index in [2.05, 4.69) is 6.92 Å². The van der Waals surface area contributed by atoms with E-state index < -0.39 is 0 Å². The summed E-state index contributed by atoms with van der Waals surface area (Å²) in [5.41, 5.74) is 0. The molecule has 1 N–H and O–H groups in total. The molecule has 0 saturated carbocycles. The number of hydrogen-bond donors (Lipinski definition) is 1. The first-order valence-electron chi connectivity index (χ1n) is 2.02. The average Bonchev–Trinajstić information content (AvgIpc) is 1.41. The topological polar surface area (TPSA) is 20.2 Å². The normalized spacial score (nSPS) is 7.00. The van der Waals surface area contributed by atoms with Gasteiger partial charge in [-0.1, -0.05) is 13.3 Å². The molecule has 6 heavy (non-hydrogen) atoms. The first-order valence-corrected chi connectivity index (χ1v) is 2.02. The van der Waals surface area contributed by atoms with Crippen LogP contribution in [0.3, 0.4) is 0 Å². The monoisotopic (exact) mass is 164 g/mol. The molecule has 2 heteroatoms. The van der Waals surface area contributed by atoms with Crippen LogP contribution in [0.2, 0.25) is 0 Å². The zero-order chi connectivity index (χ0) is 4.12. The molecule has 0 radical (unpaired) electrons. The number of aliphatic hydroxyl groups excluding tert-OH is 1. The maximum absolute atomic E-state index is 8.07. The van der Waals surface area contributed by atoms with Gasteiger partial charge in [0.15, 0.2) is 0 Å². The summed E-state index contributed by atoms with van der Waals surface area (Å²) in [5, 5.41) is 8.07. The summed E-state index contributed by atoms with van der Waals surface area (Å²) in [6, 6.07) is 0. The van der Waals surface area contributed by atoms with E-state index in [-0.39, 0.29) is 45.5 Å². The Hall–Kier alpha value is 1.44. The number of rotatable bonds is 2. The SMILES string of the molecule is CCCCO.[SrH2]. The van der Waals surface area contributed by atoms with Crippen molar-refractivity contribution in [3.63, 3.8) is 0 Å². The molecule has 0 aromatic heterocycles. The molecular formula is C4H12OSr. The predicted octanol–water partition coefficient (Wildman–Crippen LogP) is -0.137. The average molecular weight is 164 g/mol. The molecule has 0 rings (SSSR count). The molecule has 0 bridgehead atoms. The molecule has 1 nitrogen and oxygen atoms in total. The van der Waals surface area contributed by atoms with E-state index >= 15 is 0 Å². The molecule has 0 atom stereocenters. The molecule has 0 spiro atoms. The zero-order valence-corrected chi connectivity index (χ0v) is 3.57. The van der Waals surface area contributed by atoms with Crippen molar-refractivity contribution in [1.82, 2.24) is 0 Å². The van der Waals surface area contributed by atoms with Crippen molar-refractivity contribution in [2.75, 3.05) is 6.61 Å². The summed E-state index contributed by atoms with van der Waals surface area (Å²) in [5.74, 6) is 0. The van der Waals surface area contributed by atoms with Crippen molar-refractivity contribution < 1.29 is 5.11 Å². The molecule has 0 heterocycles. The van der Waals surface area contributed by atoms with E-state index in [1.165, 1.54) is 0 Å². The summed E-state index contributed by atoms with van der Waals surface area (Å²) in [7, 11) is 0. The fourth-order valence-electron chi connectivity index (χ4n) is 0.158. The molecule has 0 amide bonds. The van der Waals surface area contributed by atoms with Gasteiger partial charge in [-0.3, -0.25) is 0 Å². The number of hydrogen-bond acceptors (Lipinski definition) is 1. The van der Waals surface area contributed by atoms with E-state index in [0.29, 0.717) is 6.61 Å². The van der Waals surface area contributed by atoms with Crippen LogP contribution in [-0.2, 0) is 0 Å². The Morgan fingerprint density at radius 3 is 2.00 bits per heavy atom. The van der Waals surface area contributed by atoms with Crippen molar-refractivity contribution in [3.8, 4) is 0 Å². The second-order valence-corrected chi connectivity index (χ2v) is 1.08. The van der Waals surface area contributed by atoms with E-state index in [4.69, 9.17) is 5.11 Å². The van der Waals surface area contributed by atoms with Crippen LogP contribution < -0.4 is 0 Å². The van der Waals surface area contributed by atoms with Gasteiger partial charge < -0.3 is 5.11 Å². The standard InChI is InChI=1S/C4H10O.Sr.2H/c1-2-3-4-5;;;/h5H,2-4H2,1H3;;;. The van der Waals surface area contributed by atoms with Crippen LogP contribution >= 0.6 is 0 Å². The summed E-state index contributed by atoms with van der Waals surface area (Å²) < 4.78 is 0. The van der Waals surface area contributed by atoms with E-state index in [1.54, 1.807) is 0 Å². The Bertz CT molecular complexity index is 15.0. The van der Waals surface area contributed by atoms with Crippen molar-refractivity contribution in [3.05, 3.63) is 0 Å². The zero-order valence-electron chi connectivity index (χ0n) is 3.57. The van der Waals surface area contributed by atoms with Gasteiger partial charge in [-0.25, -0.2) is 0 Å². The van der Waals surface area contributed by atoms with E-state index in [9.17, 15) is 0 Å². The van der Waals surface area contributed by atoms with Gasteiger partial charge in [0.1, 0.15) is 0 Å². The molecule has 0 aliphatic rings. The van der Waals surface area contributed by atoms with Crippen LogP contribution in [0.5, 0.6) is 0 Å². The Morgan fingerprint density at radius 2 is 2.00 bits per heavy atom. The van der Waals surface area contributed by atoms with Crippen molar-refractivity contribution >= 4 is 45.5 Å². The van der Waals surface area contributed by atoms with E-state index in [0.717, 1.165) is 12.8 Å². The van der Waals surface area contributed by atoms with Crippen LogP contribution in [0.15, 0.2) is 0 Å². The third kappa shape index (κ3) is 9.06. The third-order valence-electron chi connectivity index (χ3n) is 0.512. The van der Waals surface area contributed by atoms with Gasteiger partial charge >= 0.3 is 45.5 Å². The molecular weight excluding hydrogens is 152 g/mol. The second-order valence-electron chi connectivity index (χ2n) is 1.08. The molecule has 0 aromatic carbocycles. The van der Waals surface area contributed by atoms with Gasteiger partial charge in [0.25, 0.3) is 0 Å². The van der Waals surface area contributed by atoms with Crippen LogP contribution in [0.4, 0.5) is 0 Å². The van der Waals surface area contributed by atoms with Crippen molar-refractivity contribution in [1.29, 1.82) is 0 Å². The molecule has 0 saturated heterocycles. The van der Waals surface area contributed by atoms with Crippen LogP contribution in [0.1, 0.15) is 19.8 Å². The quantitative estimate of drug-likeness (QED) is 0.563. The third-order valence-corrected chi connectivity index (χ3v) is 0.512. The maximum atomic E-state index is 8.07. The Morgan fingerprint density at radius 1 is 1.50 bits per heavy atom. The molecule has 0 aliphatic carbocycles. The van der Waals surface area contributed by atoms with Crippen LogP contribution in [-0.4, -0.2) is 57.2 Å². The van der Waals surface area contributed by atoms with Crippen LogP contribution in [0.25, 0.3) is 0 Å². The first-order chi connectivity index (χ1) is 2.41. The van der Waals surface area contributed by atoms with Gasteiger partial charge in [0, 0.05) is 6.61 Å². The van der Waals surface area contributed by atoms with E-state index in [1.807, 2.05) is 0 Å². The summed E-state index contributed by atoms with van der Waals surface area (Å²) in [4.78, 5) is 0. The summed E-state index contributed by atoms with van der Waals surface area (Å²) in [6.07, 6.45) is 2.04. The van der Waals surface area contributed by atoms with Gasteiger partial charge in [-0.05, 0) is 6.42 Å². The van der Waals surface area contributed by atoms with Crippen molar-refractivity contribution in [2.24, 2.45) is 0 Å². The second kappa shape index (κ2) is 9.67. The Labute approximate surface area is 76.0 Å². The summed E-state index contributed by atoms with van der Waals surface area (Å²) in [6.45, 7) is 2.40. The first kappa shape index (κ1) is 10.4. The minimum atomic E-state index is 0. The van der Waals surface area contributed by atoms with Gasteiger partial charge in [-0.2, -0.15) is 0 Å². The number of unbranched alkanes of at least 4 members (excludes halogenated alkanes) is 1. The number of aliphatic hydroxyl groups is 1. The van der Waals surface area contributed by atoms with Crippen LogP contribution in [0, 0.1) is 0 Å². The summed E-state index contributed by atoms with van der Waals surface area (Å²) >= 11 is 0. The van der Waals surface area contributed by atoms with Gasteiger partial charge in [0.05, 0.1) is 0 Å². The Kier molecular flexibility index (Phi) is 16.8. The van der Waals surface area contributed by atoms with Crippen molar-refractivity contribution in [2.45, 2.75) is 19.8 Å². The predicted molar refractivity (Wildman–Crippen MR) is 30.5 cm³/mol. The molecule has 0 aliphatic heterocycles. The molecule has 0 aromatic rings. The fraction of sp³-hybridized carbons (Fsp3) is 1.00. The molecule has 0 unspecified atom stereocenters. The molecule has 36 valence electrons. The van der Waals surface area contributed by atoms with Gasteiger partial charge in [0.2, 0.25) is 0 Å². The van der Waals surface area contributed by atoms with Gasteiger partial charge in [-0.15, -0.1) is 0 Å².